The topological polar surface area (TPSA) is 58.4 Å². The van der Waals surface area contributed by atoms with Crippen molar-refractivity contribution in [2.24, 2.45) is 11.7 Å². The maximum Gasteiger partial charge on any atom is 0.224 e. The third kappa shape index (κ3) is 4.83. The summed E-state index contributed by atoms with van der Waals surface area (Å²) in [5.74, 6) is 0.942. The van der Waals surface area contributed by atoms with Crippen LogP contribution in [-0.2, 0) is 11.3 Å². The molecule has 4 nitrogen and oxygen atoms in total. The van der Waals surface area contributed by atoms with E-state index in [-0.39, 0.29) is 5.91 Å². The van der Waals surface area contributed by atoms with Gasteiger partial charge in [-0.25, -0.2) is 0 Å². The van der Waals surface area contributed by atoms with Gasteiger partial charge in [-0.1, -0.05) is 31.5 Å². The predicted molar refractivity (Wildman–Crippen MR) is 87.0 cm³/mol. The van der Waals surface area contributed by atoms with Gasteiger partial charge < -0.3 is 16.0 Å². The Kier molecular flexibility index (Phi) is 6.21. The number of hydrogen-bond acceptors (Lipinski definition) is 3. The van der Waals surface area contributed by atoms with E-state index < -0.39 is 0 Å². The number of anilines is 1. The van der Waals surface area contributed by atoms with Crippen LogP contribution in [0.15, 0.2) is 24.3 Å². The van der Waals surface area contributed by atoms with Gasteiger partial charge in [0.1, 0.15) is 0 Å². The van der Waals surface area contributed by atoms with Gasteiger partial charge in [-0.3, -0.25) is 4.79 Å². The highest BCUT2D eigenvalue weighted by molar-refractivity contribution is 5.91. The van der Waals surface area contributed by atoms with Crippen LogP contribution in [0.5, 0.6) is 0 Å². The summed E-state index contributed by atoms with van der Waals surface area (Å²) in [5.41, 5.74) is 7.50. The molecule has 1 fully saturated rings. The lowest BCUT2D eigenvalue weighted by Gasteiger charge is -2.15. The third-order valence-corrected chi connectivity index (χ3v) is 4.34. The first-order valence-electron chi connectivity index (χ1n) is 8.03. The molecule has 0 bridgehead atoms. The standard InChI is InChI=1S/C17H27N3O/c1-2-14-9-11-20(13-14)10-5-8-17(21)19-16-7-4-3-6-15(16)12-18/h3-4,6-7,14H,2,5,8-13,18H2,1H3,(H,19,21). The van der Waals surface area contributed by atoms with E-state index >= 15 is 0 Å². The van der Waals surface area contributed by atoms with Gasteiger partial charge in [-0.15, -0.1) is 0 Å². The SMILES string of the molecule is CCC1CCN(CCCC(=O)Nc2ccccc2CN)C1. The Morgan fingerprint density at radius 3 is 2.95 bits per heavy atom. The van der Waals surface area contributed by atoms with Crippen LogP contribution in [0.1, 0.15) is 38.2 Å². The molecule has 1 heterocycles. The number of para-hydroxylation sites is 1. The van der Waals surface area contributed by atoms with Crippen molar-refractivity contribution >= 4 is 11.6 Å². The van der Waals surface area contributed by atoms with Crippen LogP contribution in [0, 0.1) is 5.92 Å². The summed E-state index contributed by atoms with van der Waals surface area (Å²) in [6, 6.07) is 7.72. The Morgan fingerprint density at radius 1 is 1.43 bits per heavy atom. The van der Waals surface area contributed by atoms with Crippen molar-refractivity contribution in [3.05, 3.63) is 29.8 Å². The van der Waals surface area contributed by atoms with Gasteiger partial charge in [0, 0.05) is 25.2 Å². The zero-order valence-electron chi connectivity index (χ0n) is 13.0. The molecular weight excluding hydrogens is 262 g/mol. The van der Waals surface area contributed by atoms with Crippen LogP contribution < -0.4 is 11.1 Å². The van der Waals surface area contributed by atoms with E-state index in [9.17, 15) is 4.79 Å². The molecule has 1 unspecified atom stereocenters. The molecule has 21 heavy (non-hydrogen) atoms. The second-order valence-corrected chi connectivity index (χ2v) is 5.88. The van der Waals surface area contributed by atoms with Crippen molar-refractivity contribution in [3.8, 4) is 0 Å². The van der Waals surface area contributed by atoms with Crippen molar-refractivity contribution < 1.29 is 4.79 Å². The fourth-order valence-electron chi connectivity index (χ4n) is 2.95. The van der Waals surface area contributed by atoms with Crippen LogP contribution in [0.4, 0.5) is 5.69 Å². The van der Waals surface area contributed by atoms with Gasteiger partial charge in [0.15, 0.2) is 0 Å². The number of nitrogens with two attached hydrogens (primary N) is 1. The zero-order chi connectivity index (χ0) is 15.1. The highest BCUT2D eigenvalue weighted by Gasteiger charge is 2.20. The van der Waals surface area contributed by atoms with E-state index in [1.165, 1.54) is 25.9 Å². The molecule has 1 atom stereocenters. The highest BCUT2D eigenvalue weighted by atomic mass is 16.1. The highest BCUT2D eigenvalue weighted by Crippen LogP contribution is 2.19. The fourth-order valence-corrected chi connectivity index (χ4v) is 2.95. The van der Waals surface area contributed by atoms with E-state index in [1.807, 2.05) is 24.3 Å². The molecule has 3 N–H and O–H groups in total. The number of hydrogen-bond donors (Lipinski definition) is 2. The van der Waals surface area contributed by atoms with E-state index in [1.54, 1.807) is 0 Å². The molecule has 0 spiro atoms. The molecule has 1 aromatic carbocycles. The van der Waals surface area contributed by atoms with Gasteiger partial charge in [0.05, 0.1) is 0 Å². The average molecular weight is 289 g/mol. The smallest absolute Gasteiger partial charge is 0.224 e. The number of benzene rings is 1. The molecule has 4 heteroatoms. The first kappa shape index (κ1) is 16.0. The van der Waals surface area contributed by atoms with Crippen molar-refractivity contribution in [1.82, 2.24) is 4.90 Å². The molecule has 2 rings (SSSR count). The summed E-state index contributed by atoms with van der Waals surface area (Å²) in [5, 5.41) is 2.97. The number of nitrogens with one attached hydrogen (secondary N) is 1. The van der Waals surface area contributed by atoms with Gasteiger partial charge >= 0.3 is 0 Å². The quantitative estimate of drug-likeness (QED) is 0.811. The summed E-state index contributed by atoms with van der Waals surface area (Å²) >= 11 is 0. The van der Waals surface area contributed by atoms with Crippen molar-refractivity contribution in [1.29, 1.82) is 0 Å². The van der Waals surface area contributed by atoms with Crippen LogP contribution >= 0.6 is 0 Å². The number of nitrogens with zero attached hydrogens (tertiary/aromatic N) is 1. The molecule has 0 saturated carbocycles. The van der Waals surface area contributed by atoms with Gasteiger partial charge in [-0.05, 0) is 43.5 Å². The summed E-state index contributed by atoms with van der Waals surface area (Å²) in [7, 11) is 0. The van der Waals surface area contributed by atoms with E-state index in [0.717, 1.165) is 30.1 Å². The minimum Gasteiger partial charge on any atom is -0.326 e. The summed E-state index contributed by atoms with van der Waals surface area (Å²) in [6.07, 6.45) is 4.08. The molecule has 1 amide bonds. The molecule has 1 aliphatic rings. The van der Waals surface area contributed by atoms with Gasteiger partial charge in [-0.2, -0.15) is 0 Å². The fraction of sp³-hybridized carbons (Fsp3) is 0.588. The lowest BCUT2D eigenvalue weighted by atomic mass is 10.1. The molecule has 0 radical (unpaired) electrons. The monoisotopic (exact) mass is 289 g/mol. The minimum absolute atomic E-state index is 0.0853. The lowest BCUT2D eigenvalue weighted by Crippen LogP contribution is -2.23. The van der Waals surface area contributed by atoms with Crippen LogP contribution in [0.2, 0.25) is 0 Å². The summed E-state index contributed by atoms with van der Waals surface area (Å²) in [6.45, 7) is 6.13. The lowest BCUT2D eigenvalue weighted by molar-refractivity contribution is -0.116. The van der Waals surface area contributed by atoms with Crippen molar-refractivity contribution in [2.45, 2.75) is 39.2 Å². The van der Waals surface area contributed by atoms with Crippen LogP contribution in [0.3, 0.4) is 0 Å². The molecule has 1 saturated heterocycles. The Morgan fingerprint density at radius 2 is 2.24 bits per heavy atom. The van der Waals surface area contributed by atoms with E-state index in [2.05, 4.69) is 17.1 Å². The molecule has 1 aromatic rings. The maximum atomic E-state index is 12.0. The first-order chi connectivity index (χ1) is 10.2. The average Bonchev–Trinajstić information content (AvgIpc) is 2.96. The van der Waals surface area contributed by atoms with Crippen molar-refractivity contribution in [2.75, 3.05) is 25.0 Å². The van der Waals surface area contributed by atoms with Gasteiger partial charge in [0.25, 0.3) is 0 Å². The number of amides is 1. The zero-order valence-corrected chi connectivity index (χ0v) is 13.0. The Balaban J connectivity index is 1.70. The van der Waals surface area contributed by atoms with Crippen LogP contribution in [0.25, 0.3) is 0 Å². The number of likely N-dealkylation sites (tertiary alicyclic amines) is 1. The Labute approximate surface area is 127 Å². The van der Waals surface area contributed by atoms with E-state index in [0.29, 0.717) is 13.0 Å². The number of carbonyl (C=O) groups is 1. The second-order valence-electron chi connectivity index (χ2n) is 5.88. The second kappa shape index (κ2) is 8.15. The first-order valence-corrected chi connectivity index (χ1v) is 8.03. The minimum atomic E-state index is 0.0853. The molecule has 116 valence electrons. The Bertz CT molecular complexity index is 461. The third-order valence-electron chi connectivity index (χ3n) is 4.34. The van der Waals surface area contributed by atoms with Crippen LogP contribution in [-0.4, -0.2) is 30.4 Å². The van der Waals surface area contributed by atoms with Gasteiger partial charge in [0.2, 0.25) is 5.91 Å². The molecule has 0 aliphatic carbocycles. The van der Waals surface area contributed by atoms with Crippen molar-refractivity contribution in [3.63, 3.8) is 0 Å². The molecular formula is C17H27N3O. The van der Waals surface area contributed by atoms with E-state index in [4.69, 9.17) is 5.73 Å². The summed E-state index contributed by atoms with van der Waals surface area (Å²) < 4.78 is 0. The normalized spacial score (nSPS) is 18.9. The Hall–Kier alpha value is -1.39. The maximum absolute atomic E-state index is 12.0. The number of rotatable bonds is 7. The molecule has 0 aromatic heterocycles. The predicted octanol–water partition coefficient (Wildman–Crippen LogP) is 2.60. The summed E-state index contributed by atoms with van der Waals surface area (Å²) in [4.78, 5) is 14.5. The molecule has 1 aliphatic heterocycles. The largest absolute Gasteiger partial charge is 0.326 e. The number of carbonyl (C=O) groups excluding carboxylic acids is 1.